The summed E-state index contributed by atoms with van der Waals surface area (Å²) in [6.45, 7) is 1.92. The summed E-state index contributed by atoms with van der Waals surface area (Å²) in [4.78, 5) is 33.4. The van der Waals surface area contributed by atoms with Crippen molar-refractivity contribution in [1.29, 1.82) is 0 Å². The van der Waals surface area contributed by atoms with E-state index < -0.39 is 0 Å². The first-order valence-corrected chi connectivity index (χ1v) is 11.0. The summed E-state index contributed by atoms with van der Waals surface area (Å²) < 4.78 is 1.47. The fourth-order valence-electron chi connectivity index (χ4n) is 3.47. The van der Waals surface area contributed by atoms with Gasteiger partial charge in [-0.1, -0.05) is 43.3 Å². The van der Waals surface area contributed by atoms with Crippen molar-refractivity contribution in [3.8, 4) is 16.5 Å². The molecule has 0 atom stereocenters. The summed E-state index contributed by atoms with van der Waals surface area (Å²) in [5.41, 5.74) is 1.58. The van der Waals surface area contributed by atoms with Crippen LogP contribution in [0.1, 0.15) is 23.0 Å². The fourth-order valence-corrected chi connectivity index (χ4v) is 4.15. The number of fused-ring (bicyclic) bond motifs is 1. The van der Waals surface area contributed by atoms with Crippen molar-refractivity contribution in [3.05, 3.63) is 93.7 Å². The molecule has 0 spiro atoms. The third-order valence-corrected chi connectivity index (χ3v) is 5.97. The van der Waals surface area contributed by atoms with Crippen LogP contribution in [0.25, 0.3) is 27.3 Å². The van der Waals surface area contributed by atoms with Crippen LogP contribution in [0.15, 0.2) is 76.9 Å². The van der Waals surface area contributed by atoms with Gasteiger partial charge >= 0.3 is 0 Å². The molecule has 3 heterocycles. The number of rotatable bonds is 5. The van der Waals surface area contributed by atoms with Gasteiger partial charge in [0, 0.05) is 23.4 Å². The fraction of sp³-hybridized carbons (Fsp3) is 0.0833. The maximum atomic E-state index is 13.1. The van der Waals surface area contributed by atoms with Crippen molar-refractivity contribution < 1.29 is 4.79 Å². The van der Waals surface area contributed by atoms with Crippen LogP contribution in [-0.4, -0.2) is 25.7 Å². The quantitative estimate of drug-likeness (QED) is 0.415. The van der Waals surface area contributed by atoms with Crippen LogP contribution >= 0.6 is 11.3 Å². The van der Waals surface area contributed by atoms with Crippen molar-refractivity contribution in [1.82, 2.24) is 19.7 Å². The third-order valence-electron chi connectivity index (χ3n) is 5.08. The van der Waals surface area contributed by atoms with E-state index in [4.69, 9.17) is 0 Å². The van der Waals surface area contributed by atoms with Gasteiger partial charge < -0.3 is 5.32 Å². The summed E-state index contributed by atoms with van der Waals surface area (Å²) in [7, 11) is 0. The second-order valence-corrected chi connectivity index (χ2v) is 8.18. The number of carbonyl (C=O) groups is 1. The largest absolute Gasteiger partial charge is 0.306 e. The molecule has 0 aliphatic rings. The first-order valence-electron chi connectivity index (χ1n) is 10.2. The number of benzene rings is 2. The lowest BCUT2D eigenvalue weighted by Gasteiger charge is -2.09. The smallest absolute Gasteiger partial charge is 0.256 e. The summed E-state index contributed by atoms with van der Waals surface area (Å²) in [6.07, 6.45) is 0.606. The minimum absolute atomic E-state index is 0.256. The average molecular weight is 442 g/mol. The van der Waals surface area contributed by atoms with Crippen LogP contribution < -0.4 is 10.9 Å². The van der Waals surface area contributed by atoms with Crippen molar-refractivity contribution >= 4 is 33.8 Å². The number of carbonyl (C=O) groups excluding carboxylic acids is 1. The Bertz CT molecular complexity index is 1480. The molecule has 0 bridgehead atoms. The first-order chi connectivity index (χ1) is 15.6. The number of H-pyrrole nitrogens is 1. The molecule has 7 nitrogen and oxygen atoms in total. The molecule has 2 N–H and O–H groups in total. The van der Waals surface area contributed by atoms with Crippen LogP contribution in [0.5, 0.6) is 0 Å². The molecule has 3 aromatic heterocycles. The Hall–Kier alpha value is -4.04. The lowest BCUT2D eigenvalue weighted by molar-refractivity contribution is 0.102. The average Bonchev–Trinajstić information content (AvgIpc) is 3.48. The van der Waals surface area contributed by atoms with Gasteiger partial charge in [0.2, 0.25) is 5.95 Å². The molecule has 32 heavy (non-hydrogen) atoms. The maximum absolute atomic E-state index is 13.1. The van der Waals surface area contributed by atoms with Crippen molar-refractivity contribution in [2.45, 2.75) is 13.3 Å². The predicted molar refractivity (Wildman–Crippen MR) is 127 cm³/mol. The molecule has 0 unspecified atom stereocenters. The van der Waals surface area contributed by atoms with E-state index in [0.717, 1.165) is 15.6 Å². The Morgan fingerprint density at radius 1 is 1.06 bits per heavy atom. The lowest BCUT2D eigenvalue weighted by atomic mass is 10.1. The molecule has 5 aromatic rings. The Kier molecular flexibility index (Phi) is 5.12. The molecular formula is C24H19N5O2S. The Balaban J connectivity index is 1.56. The van der Waals surface area contributed by atoms with E-state index in [-0.39, 0.29) is 17.4 Å². The number of amides is 1. The number of hydrogen-bond acceptors (Lipinski definition) is 5. The highest BCUT2D eigenvalue weighted by molar-refractivity contribution is 7.13. The zero-order chi connectivity index (χ0) is 22.1. The molecule has 0 saturated carbocycles. The number of hydrogen-bond donors (Lipinski definition) is 2. The molecule has 1 amide bonds. The SMILES string of the molecule is CCc1cc(=O)[nH]c(-n2nc(-c3cccs3)cc2NC(=O)c2ccc3ccccc3c2)n1. The van der Waals surface area contributed by atoms with Gasteiger partial charge in [0.15, 0.2) is 0 Å². The molecule has 5 rings (SSSR count). The summed E-state index contributed by atoms with van der Waals surface area (Å²) in [5, 5.41) is 11.6. The number of nitrogens with zero attached hydrogens (tertiary/aromatic N) is 3. The van der Waals surface area contributed by atoms with Crippen molar-refractivity contribution in [2.75, 3.05) is 5.32 Å². The normalized spacial score (nSPS) is 11.0. The molecule has 0 aliphatic carbocycles. The van der Waals surface area contributed by atoms with Gasteiger partial charge in [-0.05, 0) is 40.8 Å². The van der Waals surface area contributed by atoms with E-state index in [9.17, 15) is 9.59 Å². The second kappa shape index (κ2) is 8.24. The van der Waals surface area contributed by atoms with Crippen LogP contribution in [0.4, 0.5) is 5.82 Å². The zero-order valence-electron chi connectivity index (χ0n) is 17.2. The van der Waals surface area contributed by atoms with Crippen molar-refractivity contribution in [3.63, 3.8) is 0 Å². The number of thiophene rings is 1. The van der Waals surface area contributed by atoms with Gasteiger partial charge in [0.1, 0.15) is 11.5 Å². The van der Waals surface area contributed by atoms with E-state index in [2.05, 4.69) is 20.4 Å². The van der Waals surface area contributed by atoms with E-state index >= 15 is 0 Å². The number of aryl methyl sites for hydroxylation is 1. The minimum Gasteiger partial charge on any atom is -0.306 e. The highest BCUT2D eigenvalue weighted by atomic mass is 32.1. The number of anilines is 1. The van der Waals surface area contributed by atoms with Crippen LogP contribution in [0.3, 0.4) is 0 Å². The van der Waals surface area contributed by atoms with Gasteiger partial charge in [-0.3, -0.25) is 14.6 Å². The van der Waals surface area contributed by atoms with E-state index in [1.54, 1.807) is 12.1 Å². The van der Waals surface area contributed by atoms with Crippen LogP contribution in [0.2, 0.25) is 0 Å². The monoisotopic (exact) mass is 441 g/mol. The van der Waals surface area contributed by atoms with Gasteiger partial charge in [-0.15, -0.1) is 11.3 Å². The van der Waals surface area contributed by atoms with Crippen LogP contribution in [0, 0.1) is 0 Å². The van der Waals surface area contributed by atoms with E-state index in [0.29, 0.717) is 29.2 Å². The second-order valence-electron chi connectivity index (χ2n) is 7.23. The number of nitrogens with one attached hydrogen (secondary N) is 2. The topological polar surface area (TPSA) is 92.7 Å². The Labute approximate surface area is 187 Å². The predicted octanol–water partition coefficient (Wildman–Crippen LogP) is 4.65. The van der Waals surface area contributed by atoms with Crippen LogP contribution in [-0.2, 0) is 6.42 Å². The molecule has 8 heteroatoms. The van der Waals surface area contributed by atoms with Gasteiger partial charge in [-0.2, -0.15) is 9.78 Å². The van der Waals surface area contributed by atoms with Crippen molar-refractivity contribution in [2.24, 2.45) is 0 Å². The molecular weight excluding hydrogens is 422 g/mol. The molecule has 0 saturated heterocycles. The molecule has 2 aromatic carbocycles. The maximum Gasteiger partial charge on any atom is 0.256 e. The molecule has 0 aliphatic heterocycles. The highest BCUT2D eigenvalue weighted by Crippen LogP contribution is 2.27. The zero-order valence-corrected chi connectivity index (χ0v) is 18.0. The Morgan fingerprint density at radius 2 is 1.91 bits per heavy atom. The standard InChI is InChI=1S/C24H19N5O2S/c1-2-18-13-22(30)27-24(25-18)29-21(14-19(28-29)20-8-5-11-32-20)26-23(31)17-10-9-15-6-3-4-7-16(15)12-17/h3-14H,2H2,1H3,(H,26,31)(H,25,27,30). The number of aromatic amines is 1. The summed E-state index contributed by atoms with van der Waals surface area (Å²) in [5.74, 6) is 0.401. The van der Waals surface area contributed by atoms with Gasteiger partial charge in [-0.25, -0.2) is 4.98 Å². The van der Waals surface area contributed by atoms with E-state index in [1.807, 2.05) is 60.8 Å². The molecule has 0 fully saturated rings. The first kappa shape index (κ1) is 19.9. The Morgan fingerprint density at radius 3 is 2.69 bits per heavy atom. The summed E-state index contributed by atoms with van der Waals surface area (Å²) in [6, 6.07) is 20.6. The minimum atomic E-state index is -0.274. The number of aromatic nitrogens is 4. The lowest BCUT2D eigenvalue weighted by Crippen LogP contribution is -2.19. The molecule has 0 radical (unpaired) electrons. The highest BCUT2D eigenvalue weighted by Gasteiger charge is 2.17. The van der Waals surface area contributed by atoms with E-state index in [1.165, 1.54) is 22.1 Å². The third kappa shape index (κ3) is 3.83. The summed E-state index contributed by atoms with van der Waals surface area (Å²) >= 11 is 1.54. The van der Waals surface area contributed by atoms with Gasteiger partial charge in [0.25, 0.3) is 11.5 Å². The molecule has 158 valence electrons. The van der Waals surface area contributed by atoms with Gasteiger partial charge in [0.05, 0.1) is 4.88 Å².